The Morgan fingerprint density at radius 3 is 2.89 bits per heavy atom. The van der Waals surface area contributed by atoms with Crippen LogP contribution in [-0.4, -0.2) is 35.3 Å². The first-order chi connectivity index (χ1) is 9.04. The Morgan fingerprint density at radius 2 is 2.26 bits per heavy atom. The molecule has 1 heterocycles. The molecule has 0 aromatic heterocycles. The van der Waals surface area contributed by atoms with E-state index in [1.807, 2.05) is 19.1 Å². The highest BCUT2D eigenvalue weighted by molar-refractivity contribution is 6.34. The molecule has 1 aromatic carbocycles. The first-order valence-corrected chi connectivity index (χ1v) is 6.61. The summed E-state index contributed by atoms with van der Waals surface area (Å²) in [6.07, 6.45) is 0.422. The third-order valence-corrected chi connectivity index (χ3v) is 3.87. The van der Waals surface area contributed by atoms with E-state index in [4.69, 9.17) is 22.5 Å². The van der Waals surface area contributed by atoms with Crippen molar-refractivity contribution < 1.29 is 10.3 Å². The Kier molecular flexibility index (Phi) is 4.17. The molecule has 2 unspecified atom stereocenters. The van der Waals surface area contributed by atoms with Crippen LogP contribution in [0.3, 0.4) is 0 Å². The molecule has 2 rings (SSSR count). The molecule has 1 fully saturated rings. The van der Waals surface area contributed by atoms with Crippen molar-refractivity contribution >= 4 is 23.1 Å². The van der Waals surface area contributed by atoms with Crippen molar-refractivity contribution in [3.63, 3.8) is 0 Å². The lowest BCUT2D eigenvalue weighted by Gasteiger charge is -2.37. The number of halogens is 1. The SMILES string of the molecule is CC1CN(c2cccc(Cl)c2/C(N)=N/O)CCC1O. The molecule has 0 radical (unpaired) electrons. The number of nitrogens with two attached hydrogens (primary N) is 1. The third kappa shape index (κ3) is 2.77. The molecule has 0 saturated carbocycles. The number of piperidine rings is 1. The summed E-state index contributed by atoms with van der Waals surface area (Å²) in [5, 5.41) is 22.1. The van der Waals surface area contributed by atoms with Crippen molar-refractivity contribution in [1.82, 2.24) is 0 Å². The Labute approximate surface area is 117 Å². The minimum absolute atomic E-state index is 0.000579. The highest BCUT2D eigenvalue weighted by Crippen LogP contribution is 2.30. The molecule has 104 valence electrons. The Hall–Kier alpha value is -1.46. The predicted octanol–water partition coefficient (Wildman–Crippen LogP) is 1.64. The molecule has 2 atom stereocenters. The largest absolute Gasteiger partial charge is 0.409 e. The predicted molar refractivity (Wildman–Crippen MR) is 76.0 cm³/mol. The molecule has 0 amide bonds. The molecule has 1 aromatic rings. The van der Waals surface area contributed by atoms with Crippen molar-refractivity contribution in [1.29, 1.82) is 0 Å². The highest BCUT2D eigenvalue weighted by atomic mass is 35.5. The van der Waals surface area contributed by atoms with Crippen LogP contribution in [0, 0.1) is 5.92 Å². The highest BCUT2D eigenvalue weighted by Gasteiger charge is 2.26. The molecule has 5 nitrogen and oxygen atoms in total. The number of hydrogen-bond acceptors (Lipinski definition) is 4. The van der Waals surface area contributed by atoms with Crippen molar-refractivity contribution in [2.75, 3.05) is 18.0 Å². The minimum atomic E-state index is -0.275. The van der Waals surface area contributed by atoms with Gasteiger partial charge in [0.1, 0.15) is 0 Å². The van der Waals surface area contributed by atoms with E-state index in [2.05, 4.69) is 10.1 Å². The van der Waals surface area contributed by atoms with E-state index in [0.29, 0.717) is 23.6 Å². The van der Waals surface area contributed by atoms with E-state index in [1.165, 1.54) is 0 Å². The zero-order chi connectivity index (χ0) is 14.0. The number of benzene rings is 1. The molecule has 6 heteroatoms. The van der Waals surface area contributed by atoms with Crippen LogP contribution < -0.4 is 10.6 Å². The molecule has 1 aliphatic heterocycles. The summed E-state index contributed by atoms with van der Waals surface area (Å²) in [5.41, 5.74) is 7.08. The van der Waals surface area contributed by atoms with Gasteiger partial charge in [-0.3, -0.25) is 0 Å². The number of anilines is 1. The fourth-order valence-electron chi connectivity index (χ4n) is 2.43. The maximum absolute atomic E-state index is 9.78. The van der Waals surface area contributed by atoms with Crippen molar-refractivity contribution in [3.8, 4) is 0 Å². The number of rotatable bonds is 2. The average molecular weight is 284 g/mol. The summed E-state index contributed by atoms with van der Waals surface area (Å²) in [5.74, 6) is 0.173. The third-order valence-electron chi connectivity index (χ3n) is 3.56. The second kappa shape index (κ2) is 5.67. The summed E-state index contributed by atoms with van der Waals surface area (Å²) in [6, 6.07) is 5.44. The van der Waals surface area contributed by atoms with Crippen LogP contribution in [0.15, 0.2) is 23.4 Å². The lowest BCUT2D eigenvalue weighted by molar-refractivity contribution is 0.0971. The van der Waals surface area contributed by atoms with Gasteiger partial charge in [0.2, 0.25) is 0 Å². The minimum Gasteiger partial charge on any atom is -0.409 e. The summed E-state index contributed by atoms with van der Waals surface area (Å²) < 4.78 is 0. The molecular formula is C13H18ClN3O2. The number of amidine groups is 1. The van der Waals surface area contributed by atoms with Gasteiger partial charge in [0.05, 0.1) is 16.7 Å². The van der Waals surface area contributed by atoms with E-state index < -0.39 is 0 Å². The maximum Gasteiger partial charge on any atom is 0.173 e. The molecular weight excluding hydrogens is 266 g/mol. The van der Waals surface area contributed by atoms with Gasteiger partial charge in [-0.1, -0.05) is 29.7 Å². The standard InChI is InChI=1S/C13H18ClN3O2/c1-8-7-17(6-5-11(8)18)10-4-2-3-9(14)12(10)13(15)16-19/h2-4,8,11,18-19H,5-7H2,1H3,(H2,15,16). The second-order valence-electron chi connectivity index (χ2n) is 4.90. The Bertz CT molecular complexity index is 493. The van der Waals surface area contributed by atoms with E-state index >= 15 is 0 Å². The fourth-order valence-corrected chi connectivity index (χ4v) is 2.70. The zero-order valence-corrected chi connectivity index (χ0v) is 11.5. The van der Waals surface area contributed by atoms with E-state index in [-0.39, 0.29) is 17.9 Å². The van der Waals surface area contributed by atoms with Crippen LogP contribution in [0.1, 0.15) is 18.9 Å². The van der Waals surface area contributed by atoms with E-state index in [9.17, 15) is 5.11 Å². The molecule has 0 bridgehead atoms. The lowest BCUT2D eigenvalue weighted by atomic mass is 9.95. The van der Waals surface area contributed by atoms with Gasteiger partial charge >= 0.3 is 0 Å². The van der Waals surface area contributed by atoms with E-state index in [0.717, 1.165) is 12.2 Å². The summed E-state index contributed by atoms with van der Waals surface area (Å²) in [4.78, 5) is 2.11. The Balaban J connectivity index is 2.37. The van der Waals surface area contributed by atoms with Crippen LogP contribution in [0.4, 0.5) is 5.69 Å². The van der Waals surface area contributed by atoms with Crippen molar-refractivity contribution in [2.24, 2.45) is 16.8 Å². The number of hydrogen-bond donors (Lipinski definition) is 3. The van der Waals surface area contributed by atoms with Gasteiger partial charge in [0, 0.05) is 18.8 Å². The average Bonchev–Trinajstić information content (AvgIpc) is 2.41. The van der Waals surface area contributed by atoms with Gasteiger partial charge in [0.15, 0.2) is 5.84 Å². The van der Waals surface area contributed by atoms with Crippen LogP contribution >= 0.6 is 11.6 Å². The maximum atomic E-state index is 9.78. The second-order valence-corrected chi connectivity index (χ2v) is 5.31. The molecule has 1 aliphatic rings. The van der Waals surface area contributed by atoms with Crippen molar-refractivity contribution in [2.45, 2.75) is 19.4 Å². The zero-order valence-electron chi connectivity index (χ0n) is 10.8. The van der Waals surface area contributed by atoms with Gasteiger partial charge in [0.25, 0.3) is 0 Å². The van der Waals surface area contributed by atoms with E-state index in [1.54, 1.807) is 6.07 Å². The topological polar surface area (TPSA) is 82.1 Å². The number of oxime groups is 1. The first kappa shape index (κ1) is 14.0. The fraction of sp³-hybridized carbons (Fsp3) is 0.462. The normalized spacial score (nSPS) is 24.6. The number of aliphatic hydroxyl groups excluding tert-OH is 1. The molecule has 19 heavy (non-hydrogen) atoms. The summed E-state index contributed by atoms with van der Waals surface area (Å²) in [6.45, 7) is 3.44. The van der Waals surface area contributed by atoms with Crippen LogP contribution in [-0.2, 0) is 0 Å². The van der Waals surface area contributed by atoms with Gasteiger partial charge < -0.3 is 20.9 Å². The lowest BCUT2D eigenvalue weighted by Crippen LogP contribution is -2.42. The van der Waals surface area contributed by atoms with Gasteiger partial charge in [-0.15, -0.1) is 0 Å². The molecule has 0 aliphatic carbocycles. The van der Waals surface area contributed by atoms with Gasteiger partial charge in [-0.05, 0) is 24.5 Å². The monoisotopic (exact) mass is 283 g/mol. The smallest absolute Gasteiger partial charge is 0.173 e. The molecule has 1 saturated heterocycles. The number of aliphatic hydroxyl groups is 1. The van der Waals surface area contributed by atoms with Gasteiger partial charge in [-0.2, -0.15) is 0 Å². The molecule has 4 N–H and O–H groups in total. The van der Waals surface area contributed by atoms with Crippen molar-refractivity contribution in [3.05, 3.63) is 28.8 Å². The first-order valence-electron chi connectivity index (χ1n) is 6.24. The quantitative estimate of drug-likeness (QED) is 0.333. The van der Waals surface area contributed by atoms with Gasteiger partial charge in [-0.25, -0.2) is 0 Å². The summed E-state index contributed by atoms with van der Waals surface area (Å²) in [7, 11) is 0. The number of nitrogens with zero attached hydrogens (tertiary/aromatic N) is 2. The van der Waals surface area contributed by atoms with Crippen LogP contribution in [0.5, 0.6) is 0 Å². The Morgan fingerprint density at radius 1 is 1.53 bits per heavy atom. The van der Waals surface area contributed by atoms with Crippen LogP contribution in [0.25, 0.3) is 0 Å². The molecule has 0 spiro atoms. The van der Waals surface area contributed by atoms with Crippen LogP contribution in [0.2, 0.25) is 5.02 Å². The summed E-state index contributed by atoms with van der Waals surface area (Å²) >= 11 is 6.14.